The minimum Gasteiger partial charge on any atom is -0.489 e. The van der Waals surface area contributed by atoms with Crippen molar-refractivity contribution in [2.24, 2.45) is 0 Å². The lowest BCUT2D eigenvalue weighted by atomic mass is 10.1. The van der Waals surface area contributed by atoms with E-state index in [1.807, 2.05) is 24.3 Å². The molecule has 0 bridgehead atoms. The highest BCUT2D eigenvalue weighted by molar-refractivity contribution is 6.32. The van der Waals surface area contributed by atoms with Crippen molar-refractivity contribution >= 4 is 34.4 Å². The number of nitrogens with zero attached hydrogens (tertiary/aromatic N) is 2. The van der Waals surface area contributed by atoms with E-state index in [0.29, 0.717) is 35.2 Å². The highest BCUT2D eigenvalue weighted by atomic mass is 35.5. The normalized spacial score (nSPS) is 22.2. The van der Waals surface area contributed by atoms with Crippen LogP contribution in [0.2, 0.25) is 5.02 Å². The van der Waals surface area contributed by atoms with Crippen LogP contribution < -0.4 is 14.8 Å². The Kier molecular flexibility index (Phi) is 3.85. The van der Waals surface area contributed by atoms with Crippen LogP contribution in [0.5, 0.6) is 17.2 Å². The van der Waals surface area contributed by atoms with Crippen LogP contribution in [-0.2, 0) is 11.2 Å². The summed E-state index contributed by atoms with van der Waals surface area (Å²) in [6.45, 7) is 2.08. The maximum Gasteiger partial charge on any atom is 0.225 e. The van der Waals surface area contributed by atoms with E-state index in [2.05, 4.69) is 34.3 Å². The molecule has 7 rings (SSSR count). The number of H-pyrrole nitrogens is 1. The first-order valence-electron chi connectivity index (χ1n) is 11.0. The molecule has 2 N–H and O–H groups in total. The van der Waals surface area contributed by atoms with Crippen LogP contribution in [0, 0.1) is 6.92 Å². The Morgan fingerprint density at radius 1 is 1.15 bits per heavy atom. The number of carbonyl (C=O) groups excluding carboxylic acids is 1. The Hall–Kier alpha value is -3.58. The predicted octanol–water partition coefficient (Wildman–Crippen LogP) is 5.24. The lowest BCUT2D eigenvalue weighted by molar-refractivity contribution is -0.116. The van der Waals surface area contributed by atoms with Crippen molar-refractivity contribution in [2.45, 2.75) is 37.7 Å². The third-order valence-corrected chi connectivity index (χ3v) is 6.96. The molecule has 7 nitrogen and oxygen atoms in total. The van der Waals surface area contributed by atoms with Gasteiger partial charge in [-0.05, 0) is 49.2 Å². The smallest absolute Gasteiger partial charge is 0.225 e. The van der Waals surface area contributed by atoms with Gasteiger partial charge in [0, 0.05) is 23.5 Å². The quantitative estimate of drug-likeness (QED) is 0.438. The highest BCUT2D eigenvalue weighted by Crippen LogP contribution is 2.63. The van der Waals surface area contributed by atoms with Crippen molar-refractivity contribution < 1.29 is 14.3 Å². The number of aryl methyl sites for hydroxylation is 1. The zero-order valence-corrected chi connectivity index (χ0v) is 18.4. The molecule has 8 heteroatoms. The van der Waals surface area contributed by atoms with E-state index in [-0.39, 0.29) is 23.8 Å². The van der Waals surface area contributed by atoms with Gasteiger partial charge < -0.3 is 19.8 Å². The Morgan fingerprint density at radius 2 is 2.06 bits per heavy atom. The summed E-state index contributed by atoms with van der Waals surface area (Å²) in [4.78, 5) is 24.2. The summed E-state index contributed by atoms with van der Waals surface area (Å²) in [6.07, 6.45) is 2.51. The van der Waals surface area contributed by atoms with Gasteiger partial charge in [-0.15, -0.1) is 0 Å². The van der Waals surface area contributed by atoms with Crippen LogP contribution in [0.1, 0.15) is 40.8 Å². The Balaban J connectivity index is 1.19. The second-order valence-corrected chi connectivity index (χ2v) is 9.30. The number of carbonyl (C=O) groups is 1. The first kappa shape index (κ1) is 18.9. The molecule has 2 aromatic carbocycles. The molecule has 1 aliphatic carbocycles. The maximum atomic E-state index is 11.7. The van der Waals surface area contributed by atoms with Crippen molar-refractivity contribution in [1.29, 1.82) is 0 Å². The Labute approximate surface area is 194 Å². The molecule has 0 saturated heterocycles. The minimum absolute atomic E-state index is 0.0514. The molecule has 2 aromatic heterocycles. The average Bonchev–Trinajstić information content (AvgIpc) is 3.16. The van der Waals surface area contributed by atoms with Crippen molar-refractivity contribution in [2.75, 3.05) is 5.32 Å². The van der Waals surface area contributed by atoms with Crippen LogP contribution in [0.25, 0.3) is 11.0 Å². The molecule has 1 saturated carbocycles. The maximum absolute atomic E-state index is 11.7. The third-order valence-electron chi connectivity index (χ3n) is 6.69. The van der Waals surface area contributed by atoms with Gasteiger partial charge in [0.05, 0.1) is 23.1 Å². The monoisotopic (exact) mass is 458 g/mol. The fourth-order valence-electron chi connectivity index (χ4n) is 5.04. The molecule has 1 amide bonds. The second kappa shape index (κ2) is 6.71. The average molecular weight is 459 g/mol. The van der Waals surface area contributed by atoms with Gasteiger partial charge in [-0.25, -0.2) is 9.97 Å². The zero-order chi connectivity index (χ0) is 22.3. The number of anilines is 1. The highest BCUT2D eigenvalue weighted by Gasteiger charge is 2.61. The van der Waals surface area contributed by atoms with Crippen LogP contribution >= 0.6 is 11.6 Å². The number of pyridine rings is 1. The molecular formula is C25H19ClN4O3. The first-order chi connectivity index (χ1) is 16.0. The second-order valence-electron chi connectivity index (χ2n) is 8.89. The minimum atomic E-state index is -0.0514. The van der Waals surface area contributed by atoms with Crippen molar-refractivity contribution in [3.8, 4) is 17.2 Å². The molecule has 4 aromatic rings. The summed E-state index contributed by atoms with van der Waals surface area (Å²) in [5.74, 6) is 3.97. The number of fused-ring (bicyclic) bond motifs is 5. The number of hydrogen-bond acceptors (Lipinski definition) is 5. The van der Waals surface area contributed by atoms with Gasteiger partial charge in [0.25, 0.3) is 0 Å². The van der Waals surface area contributed by atoms with Gasteiger partial charge in [-0.2, -0.15) is 0 Å². The topological polar surface area (TPSA) is 89.1 Å². The summed E-state index contributed by atoms with van der Waals surface area (Å²) >= 11 is 6.42. The van der Waals surface area contributed by atoms with E-state index < -0.39 is 0 Å². The summed E-state index contributed by atoms with van der Waals surface area (Å²) in [6, 6.07) is 12.1. The summed E-state index contributed by atoms with van der Waals surface area (Å²) < 4.78 is 12.4. The third kappa shape index (κ3) is 2.92. The lowest BCUT2D eigenvalue weighted by Crippen LogP contribution is -2.20. The molecule has 3 aliphatic rings. The van der Waals surface area contributed by atoms with E-state index in [9.17, 15) is 4.79 Å². The van der Waals surface area contributed by atoms with Crippen LogP contribution in [-0.4, -0.2) is 27.0 Å². The molecular weight excluding hydrogens is 440 g/mol. The van der Waals surface area contributed by atoms with Gasteiger partial charge >= 0.3 is 0 Å². The van der Waals surface area contributed by atoms with Crippen LogP contribution in [0.3, 0.4) is 0 Å². The number of ether oxygens (including phenoxy) is 2. The van der Waals surface area contributed by atoms with Crippen molar-refractivity contribution in [3.63, 3.8) is 0 Å². The fraction of sp³-hybridized carbons (Fsp3) is 0.240. The van der Waals surface area contributed by atoms with Gasteiger partial charge in [0.2, 0.25) is 5.91 Å². The molecule has 3 unspecified atom stereocenters. The zero-order valence-electron chi connectivity index (χ0n) is 17.7. The van der Waals surface area contributed by atoms with Crippen LogP contribution in [0.15, 0.2) is 42.6 Å². The number of rotatable bonds is 3. The molecule has 2 aliphatic heterocycles. The van der Waals surface area contributed by atoms with Crippen molar-refractivity contribution in [3.05, 3.63) is 70.1 Å². The van der Waals surface area contributed by atoms with E-state index in [0.717, 1.165) is 33.7 Å². The Bertz CT molecular complexity index is 1480. The van der Waals surface area contributed by atoms with Gasteiger partial charge in [-0.3, -0.25) is 4.79 Å². The molecule has 33 heavy (non-hydrogen) atoms. The fourth-order valence-corrected chi connectivity index (χ4v) is 5.24. The summed E-state index contributed by atoms with van der Waals surface area (Å²) in [5, 5.41) is 3.21. The predicted molar refractivity (Wildman–Crippen MR) is 123 cm³/mol. The molecule has 3 atom stereocenters. The molecule has 0 radical (unpaired) electrons. The number of amides is 1. The number of nitrogens with one attached hydrogen (secondary N) is 2. The van der Waals surface area contributed by atoms with Crippen LogP contribution in [0.4, 0.5) is 5.82 Å². The van der Waals surface area contributed by atoms with E-state index >= 15 is 0 Å². The largest absolute Gasteiger partial charge is 0.489 e. The number of aromatic amines is 1. The van der Waals surface area contributed by atoms with Crippen molar-refractivity contribution in [1.82, 2.24) is 15.0 Å². The van der Waals surface area contributed by atoms with Gasteiger partial charge in [0.1, 0.15) is 34.3 Å². The van der Waals surface area contributed by atoms with Gasteiger partial charge in [-0.1, -0.05) is 17.7 Å². The molecule has 1 fully saturated rings. The lowest BCUT2D eigenvalue weighted by Gasteiger charge is -2.20. The standard InChI is InChI=1S/C25H19ClN4O3/c1-11-2-5-16-17(8-11)29-25(28-16)21-20-14-9-12(3-6-18(14)33-23(20)21)32-22-13-4-7-19(31)30-24(13)27-10-15(22)26/h2-3,5-6,8-10,20-21,23H,4,7H2,1H3,(H,28,29)(H,27,30,31). The van der Waals surface area contributed by atoms with Gasteiger partial charge in [0.15, 0.2) is 5.75 Å². The number of hydrogen-bond donors (Lipinski definition) is 2. The molecule has 164 valence electrons. The van der Waals surface area contributed by atoms with E-state index in [1.54, 1.807) is 0 Å². The molecule has 4 heterocycles. The Morgan fingerprint density at radius 3 is 2.97 bits per heavy atom. The number of imidazole rings is 1. The number of halogens is 1. The summed E-state index contributed by atoms with van der Waals surface area (Å²) in [5.41, 5.74) is 5.16. The van der Waals surface area contributed by atoms with E-state index in [1.165, 1.54) is 11.8 Å². The summed E-state index contributed by atoms with van der Waals surface area (Å²) in [7, 11) is 0. The number of aromatic nitrogens is 3. The first-order valence-corrected chi connectivity index (χ1v) is 11.3. The number of benzene rings is 2. The van der Waals surface area contributed by atoms with E-state index in [4.69, 9.17) is 26.1 Å². The SMILES string of the molecule is Cc1ccc2nc(C3C4Oc5ccc(Oc6c(Cl)cnc7c6CCC(=O)N7)cc5C43)[nH]c2c1. The molecule has 0 spiro atoms.